The molecule has 0 aromatic heterocycles. The number of aliphatic carboxylic acids is 1. The first-order chi connectivity index (χ1) is 8.97. The molecule has 102 valence electrons. The van der Waals surface area contributed by atoms with Crippen LogP contribution in [-0.2, 0) is 4.79 Å². The van der Waals surface area contributed by atoms with Gasteiger partial charge < -0.3 is 15.3 Å². The number of carboxylic acids is 1. The second kappa shape index (κ2) is 5.30. The number of benzene rings is 1. The lowest BCUT2D eigenvalue weighted by atomic mass is 10.1. The summed E-state index contributed by atoms with van der Waals surface area (Å²) in [7, 11) is 0. The SMILES string of the molecule is Cc1ccc(C)c(NC(=O)N2CCC(C(=O)O)C2)c1. The van der Waals surface area contributed by atoms with E-state index < -0.39 is 11.9 Å². The molecule has 1 heterocycles. The Morgan fingerprint density at radius 1 is 1.37 bits per heavy atom. The van der Waals surface area contributed by atoms with Crippen LogP contribution in [0.5, 0.6) is 0 Å². The van der Waals surface area contributed by atoms with Gasteiger partial charge in [-0.25, -0.2) is 4.79 Å². The summed E-state index contributed by atoms with van der Waals surface area (Å²) in [5.41, 5.74) is 2.85. The zero-order chi connectivity index (χ0) is 14.0. The van der Waals surface area contributed by atoms with E-state index in [4.69, 9.17) is 5.11 Å². The zero-order valence-corrected chi connectivity index (χ0v) is 11.1. The predicted molar refractivity (Wildman–Crippen MR) is 72.3 cm³/mol. The van der Waals surface area contributed by atoms with Crippen molar-refractivity contribution in [3.8, 4) is 0 Å². The van der Waals surface area contributed by atoms with E-state index in [0.29, 0.717) is 13.0 Å². The first-order valence-corrected chi connectivity index (χ1v) is 6.33. The molecule has 0 aliphatic carbocycles. The summed E-state index contributed by atoms with van der Waals surface area (Å²) in [5, 5.41) is 11.8. The quantitative estimate of drug-likeness (QED) is 0.858. The number of carbonyl (C=O) groups is 2. The fourth-order valence-corrected chi connectivity index (χ4v) is 2.21. The summed E-state index contributed by atoms with van der Waals surface area (Å²) in [6.07, 6.45) is 0.523. The Kier molecular flexibility index (Phi) is 3.74. The molecule has 1 aromatic rings. The number of nitrogens with zero attached hydrogens (tertiary/aromatic N) is 1. The lowest BCUT2D eigenvalue weighted by Gasteiger charge is -2.18. The van der Waals surface area contributed by atoms with Gasteiger partial charge in [0.25, 0.3) is 0 Å². The van der Waals surface area contributed by atoms with Gasteiger partial charge in [0, 0.05) is 18.8 Å². The van der Waals surface area contributed by atoms with Gasteiger partial charge in [-0.2, -0.15) is 0 Å². The molecular formula is C14H18N2O3. The van der Waals surface area contributed by atoms with Gasteiger partial charge in [-0.05, 0) is 37.5 Å². The average molecular weight is 262 g/mol. The molecule has 1 atom stereocenters. The van der Waals surface area contributed by atoms with Crippen molar-refractivity contribution in [2.45, 2.75) is 20.3 Å². The van der Waals surface area contributed by atoms with Gasteiger partial charge in [0.1, 0.15) is 0 Å². The lowest BCUT2D eigenvalue weighted by Crippen LogP contribution is -2.34. The molecule has 1 aromatic carbocycles. The van der Waals surface area contributed by atoms with Crippen molar-refractivity contribution in [1.29, 1.82) is 0 Å². The second-order valence-electron chi connectivity index (χ2n) is 5.02. The van der Waals surface area contributed by atoms with Crippen molar-refractivity contribution in [3.63, 3.8) is 0 Å². The first kappa shape index (κ1) is 13.4. The summed E-state index contributed by atoms with van der Waals surface area (Å²) in [5.74, 6) is -1.27. The van der Waals surface area contributed by atoms with Crippen LogP contribution in [0.25, 0.3) is 0 Å². The number of nitrogens with one attached hydrogen (secondary N) is 1. The summed E-state index contributed by atoms with van der Waals surface area (Å²) in [6, 6.07) is 5.63. The van der Waals surface area contributed by atoms with Crippen LogP contribution in [0.4, 0.5) is 10.5 Å². The second-order valence-corrected chi connectivity index (χ2v) is 5.02. The molecule has 2 rings (SSSR count). The summed E-state index contributed by atoms with van der Waals surface area (Å²) in [6.45, 7) is 4.67. The Hall–Kier alpha value is -2.04. The smallest absolute Gasteiger partial charge is 0.321 e. The molecule has 5 nitrogen and oxygen atoms in total. The number of likely N-dealkylation sites (tertiary alicyclic amines) is 1. The summed E-state index contributed by atoms with van der Waals surface area (Å²) < 4.78 is 0. The van der Waals surface area contributed by atoms with E-state index in [2.05, 4.69) is 5.32 Å². The normalized spacial score (nSPS) is 18.4. The fraction of sp³-hybridized carbons (Fsp3) is 0.429. The van der Waals surface area contributed by atoms with Gasteiger partial charge in [-0.3, -0.25) is 4.79 Å². The molecule has 2 amide bonds. The van der Waals surface area contributed by atoms with E-state index >= 15 is 0 Å². The first-order valence-electron chi connectivity index (χ1n) is 6.33. The zero-order valence-electron chi connectivity index (χ0n) is 11.1. The average Bonchev–Trinajstić information content (AvgIpc) is 2.83. The molecule has 0 spiro atoms. The highest BCUT2D eigenvalue weighted by Gasteiger charge is 2.30. The van der Waals surface area contributed by atoms with Crippen molar-refractivity contribution in [1.82, 2.24) is 4.90 Å². The van der Waals surface area contributed by atoms with Crippen LogP contribution >= 0.6 is 0 Å². The highest BCUT2D eigenvalue weighted by molar-refractivity contribution is 5.91. The number of rotatable bonds is 2. The van der Waals surface area contributed by atoms with Crippen molar-refractivity contribution < 1.29 is 14.7 Å². The number of hydrogen-bond donors (Lipinski definition) is 2. The Bertz CT molecular complexity index is 513. The maximum atomic E-state index is 12.1. The van der Waals surface area contributed by atoms with Crippen molar-refractivity contribution in [3.05, 3.63) is 29.3 Å². The van der Waals surface area contributed by atoms with E-state index in [1.165, 1.54) is 0 Å². The molecule has 1 aliphatic rings. The fourth-order valence-electron chi connectivity index (χ4n) is 2.21. The van der Waals surface area contributed by atoms with E-state index in [1.54, 1.807) is 4.90 Å². The van der Waals surface area contributed by atoms with Crippen LogP contribution in [0, 0.1) is 19.8 Å². The molecule has 0 radical (unpaired) electrons. The van der Waals surface area contributed by atoms with Crippen molar-refractivity contribution in [2.24, 2.45) is 5.92 Å². The van der Waals surface area contributed by atoms with Gasteiger partial charge in [0.15, 0.2) is 0 Å². The number of amides is 2. The molecule has 2 N–H and O–H groups in total. The molecule has 1 fully saturated rings. The minimum absolute atomic E-state index is 0.225. The molecule has 0 bridgehead atoms. The van der Waals surface area contributed by atoms with Crippen molar-refractivity contribution in [2.75, 3.05) is 18.4 Å². The minimum atomic E-state index is -0.831. The van der Waals surface area contributed by atoms with Gasteiger partial charge >= 0.3 is 12.0 Å². The number of carbonyl (C=O) groups excluding carboxylic acids is 1. The number of anilines is 1. The number of aryl methyl sites for hydroxylation is 2. The Morgan fingerprint density at radius 3 is 2.74 bits per heavy atom. The van der Waals surface area contributed by atoms with E-state index in [-0.39, 0.29) is 12.6 Å². The molecule has 0 saturated carbocycles. The molecular weight excluding hydrogens is 244 g/mol. The number of hydrogen-bond acceptors (Lipinski definition) is 2. The van der Waals surface area contributed by atoms with Gasteiger partial charge in [-0.15, -0.1) is 0 Å². The maximum Gasteiger partial charge on any atom is 0.321 e. The minimum Gasteiger partial charge on any atom is -0.481 e. The largest absolute Gasteiger partial charge is 0.481 e. The molecule has 1 saturated heterocycles. The van der Waals surface area contributed by atoms with E-state index in [1.807, 2.05) is 32.0 Å². The van der Waals surface area contributed by atoms with Crippen LogP contribution in [0.15, 0.2) is 18.2 Å². The van der Waals surface area contributed by atoms with Crippen LogP contribution < -0.4 is 5.32 Å². The highest BCUT2D eigenvalue weighted by Crippen LogP contribution is 2.20. The summed E-state index contributed by atoms with van der Waals surface area (Å²) >= 11 is 0. The van der Waals surface area contributed by atoms with E-state index in [0.717, 1.165) is 16.8 Å². The number of urea groups is 1. The monoisotopic (exact) mass is 262 g/mol. The predicted octanol–water partition coefficient (Wildman–Crippen LogP) is 2.24. The third-order valence-corrected chi connectivity index (χ3v) is 3.46. The molecule has 5 heteroatoms. The number of carboxylic acid groups (broad SMARTS) is 1. The Balaban J connectivity index is 2.02. The van der Waals surface area contributed by atoms with Crippen LogP contribution in [-0.4, -0.2) is 35.1 Å². The van der Waals surface area contributed by atoms with Gasteiger partial charge in [0.05, 0.1) is 5.92 Å². The van der Waals surface area contributed by atoms with Crippen LogP contribution in [0.3, 0.4) is 0 Å². The topological polar surface area (TPSA) is 69.6 Å². The van der Waals surface area contributed by atoms with Gasteiger partial charge in [0.2, 0.25) is 0 Å². The Labute approximate surface area is 112 Å². The maximum absolute atomic E-state index is 12.1. The standard InChI is InChI=1S/C14H18N2O3/c1-9-3-4-10(2)12(7-9)15-14(19)16-6-5-11(8-16)13(17)18/h3-4,7,11H,5-6,8H2,1-2H3,(H,15,19)(H,17,18). The molecule has 1 aliphatic heterocycles. The third-order valence-electron chi connectivity index (χ3n) is 3.46. The van der Waals surface area contributed by atoms with E-state index in [9.17, 15) is 9.59 Å². The molecule has 19 heavy (non-hydrogen) atoms. The Morgan fingerprint density at radius 2 is 2.11 bits per heavy atom. The van der Waals surface area contributed by atoms with Gasteiger partial charge in [-0.1, -0.05) is 12.1 Å². The van der Waals surface area contributed by atoms with Crippen LogP contribution in [0.2, 0.25) is 0 Å². The lowest BCUT2D eigenvalue weighted by molar-refractivity contribution is -0.141. The third kappa shape index (κ3) is 3.05. The van der Waals surface area contributed by atoms with Crippen LogP contribution in [0.1, 0.15) is 17.5 Å². The molecule has 1 unspecified atom stereocenters. The summed E-state index contributed by atoms with van der Waals surface area (Å²) in [4.78, 5) is 24.5. The highest BCUT2D eigenvalue weighted by atomic mass is 16.4. The van der Waals surface area contributed by atoms with Crippen molar-refractivity contribution >= 4 is 17.7 Å².